The number of carbonyl (C=O) groups excluding carboxylic acids is 1. The number of ketones is 1. The molecule has 0 saturated carbocycles. The minimum atomic E-state index is -0.441. The number of nitriles is 1. The molecule has 2 aromatic rings. The molecule has 1 aromatic carbocycles. The van der Waals surface area contributed by atoms with Gasteiger partial charge in [0.2, 0.25) is 5.78 Å². The maximum absolute atomic E-state index is 12.1. The summed E-state index contributed by atoms with van der Waals surface area (Å²) in [5.41, 5.74) is 0.693. The lowest BCUT2D eigenvalue weighted by Gasteiger charge is -2.06. The zero-order valence-electron chi connectivity index (χ0n) is 11.0. The molecule has 0 saturated heterocycles. The van der Waals surface area contributed by atoms with E-state index in [0.29, 0.717) is 17.9 Å². The molecule has 1 aromatic heterocycles. The number of hydrogen-bond donors (Lipinski definition) is 0. The monoisotopic (exact) mass is 267 g/mol. The van der Waals surface area contributed by atoms with Gasteiger partial charge < -0.3 is 9.15 Å². The zero-order chi connectivity index (χ0) is 14.4. The number of ether oxygens (including phenoxy) is 1. The Hall–Kier alpha value is -2.80. The lowest BCUT2D eigenvalue weighted by molar-refractivity contribution is 0.101. The first-order chi connectivity index (χ1) is 9.76. The molecule has 0 radical (unpaired) electrons. The summed E-state index contributed by atoms with van der Waals surface area (Å²) in [5, 5.41) is 9.16. The van der Waals surface area contributed by atoms with Gasteiger partial charge in [0.25, 0.3) is 0 Å². The standard InChI is InChI=1S/C16H13NO3/c1-2-19-14-7-4-3-6-12(14)10-13(11-17)16(18)15-8-5-9-20-15/h3-10H,2H2,1H3/b13-10+. The first kappa shape index (κ1) is 13.6. The smallest absolute Gasteiger partial charge is 0.238 e. The maximum atomic E-state index is 12.1. The number of benzene rings is 1. The number of Topliss-reactive ketones (excluding diaryl/α,β-unsaturated/α-hetero) is 1. The third kappa shape index (κ3) is 2.96. The molecule has 0 spiro atoms. The van der Waals surface area contributed by atoms with Crippen LogP contribution >= 0.6 is 0 Å². The summed E-state index contributed by atoms with van der Waals surface area (Å²) < 4.78 is 10.5. The largest absolute Gasteiger partial charge is 0.493 e. The topological polar surface area (TPSA) is 63.2 Å². The van der Waals surface area contributed by atoms with Crippen LogP contribution in [0.25, 0.3) is 6.08 Å². The first-order valence-corrected chi connectivity index (χ1v) is 6.18. The minimum absolute atomic E-state index is 0.00658. The normalized spacial score (nSPS) is 10.9. The van der Waals surface area contributed by atoms with Gasteiger partial charge in [0.1, 0.15) is 17.4 Å². The van der Waals surface area contributed by atoms with E-state index in [2.05, 4.69) is 0 Å². The minimum Gasteiger partial charge on any atom is -0.493 e. The molecule has 0 bridgehead atoms. The fraction of sp³-hybridized carbons (Fsp3) is 0.125. The Balaban J connectivity index is 2.37. The van der Waals surface area contributed by atoms with Crippen molar-refractivity contribution in [3.63, 3.8) is 0 Å². The van der Waals surface area contributed by atoms with Crippen LogP contribution in [0, 0.1) is 11.3 Å². The van der Waals surface area contributed by atoms with Crippen LogP contribution in [0.2, 0.25) is 0 Å². The molecular formula is C16H13NO3. The molecule has 2 rings (SSSR count). The van der Waals surface area contributed by atoms with E-state index in [0.717, 1.165) is 0 Å². The fourth-order valence-corrected chi connectivity index (χ4v) is 1.73. The summed E-state index contributed by atoms with van der Waals surface area (Å²) >= 11 is 0. The lowest BCUT2D eigenvalue weighted by Crippen LogP contribution is -2.01. The number of allylic oxidation sites excluding steroid dienone is 1. The van der Waals surface area contributed by atoms with Crippen LogP contribution in [0.15, 0.2) is 52.7 Å². The van der Waals surface area contributed by atoms with E-state index in [4.69, 9.17) is 14.4 Å². The summed E-state index contributed by atoms with van der Waals surface area (Å²) in [4.78, 5) is 12.1. The van der Waals surface area contributed by atoms with Gasteiger partial charge in [-0.2, -0.15) is 5.26 Å². The number of para-hydroxylation sites is 1. The molecule has 20 heavy (non-hydrogen) atoms. The first-order valence-electron chi connectivity index (χ1n) is 6.18. The third-order valence-corrected chi connectivity index (χ3v) is 2.63. The van der Waals surface area contributed by atoms with Gasteiger partial charge in [-0.05, 0) is 31.2 Å². The lowest BCUT2D eigenvalue weighted by atomic mass is 10.1. The number of rotatable bonds is 5. The van der Waals surface area contributed by atoms with E-state index in [1.807, 2.05) is 25.1 Å². The predicted octanol–water partition coefficient (Wildman–Crippen LogP) is 3.47. The zero-order valence-corrected chi connectivity index (χ0v) is 11.0. The SMILES string of the molecule is CCOc1ccccc1/C=C(\C#N)C(=O)c1ccco1. The summed E-state index contributed by atoms with van der Waals surface area (Å²) in [7, 11) is 0. The summed E-state index contributed by atoms with van der Waals surface area (Å²) in [6.07, 6.45) is 2.91. The Morgan fingerprint density at radius 3 is 2.80 bits per heavy atom. The highest BCUT2D eigenvalue weighted by molar-refractivity contribution is 6.12. The van der Waals surface area contributed by atoms with E-state index in [1.165, 1.54) is 18.4 Å². The molecule has 0 N–H and O–H groups in total. The number of furan rings is 1. The second-order valence-corrected chi connectivity index (χ2v) is 3.95. The van der Waals surface area contributed by atoms with E-state index < -0.39 is 5.78 Å². The van der Waals surface area contributed by atoms with Gasteiger partial charge in [0, 0.05) is 5.56 Å². The van der Waals surface area contributed by atoms with Gasteiger partial charge in [-0.3, -0.25) is 4.79 Å². The Labute approximate surface area is 116 Å². The van der Waals surface area contributed by atoms with Crippen LogP contribution in [-0.2, 0) is 0 Å². The molecule has 1 heterocycles. The Kier molecular flexibility index (Phi) is 4.35. The van der Waals surface area contributed by atoms with E-state index in [1.54, 1.807) is 18.2 Å². The van der Waals surface area contributed by atoms with Crippen molar-refractivity contribution in [2.45, 2.75) is 6.92 Å². The number of hydrogen-bond acceptors (Lipinski definition) is 4. The third-order valence-electron chi connectivity index (χ3n) is 2.63. The molecule has 0 aliphatic heterocycles. The molecule has 4 nitrogen and oxygen atoms in total. The van der Waals surface area contributed by atoms with Crippen LogP contribution in [0.1, 0.15) is 23.0 Å². The van der Waals surface area contributed by atoms with Crippen molar-refractivity contribution < 1.29 is 13.9 Å². The average molecular weight is 267 g/mol. The molecule has 0 amide bonds. The van der Waals surface area contributed by atoms with Gasteiger partial charge in [0.15, 0.2) is 5.76 Å². The molecule has 0 aliphatic carbocycles. The van der Waals surface area contributed by atoms with Crippen molar-refractivity contribution in [2.24, 2.45) is 0 Å². The quantitative estimate of drug-likeness (QED) is 0.472. The Morgan fingerprint density at radius 1 is 1.35 bits per heavy atom. The molecule has 0 unspecified atom stereocenters. The Morgan fingerprint density at radius 2 is 2.15 bits per heavy atom. The van der Waals surface area contributed by atoms with Crippen LogP contribution < -0.4 is 4.74 Å². The average Bonchev–Trinajstić information content (AvgIpc) is 3.00. The van der Waals surface area contributed by atoms with Gasteiger partial charge >= 0.3 is 0 Å². The van der Waals surface area contributed by atoms with E-state index in [9.17, 15) is 4.79 Å². The van der Waals surface area contributed by atoms with Crippen molar-refractivity contribution in [3.8, 4) is 11.8 Å². The van der Waals surface area contributed by atoms with E-state index in [-0.39, 0.29) is 11.3 Å². The second-order valence-electron chi connectivity index (χ2n) is 3.95. The summed E-state index contributed by atoms with van der Waals surface area (Å²) in [5.74, 6) is 0.338. The summed E-state index contributed by atoms with van der Waals surface area (Å²) in [6, 6.07) is 12.3. The van der Waals surface area contributed by atoms with Crippen LogP contribution in [0.3, 0.4) is 0 Å². The number of carbonyl (C=O) groups is 1. The van der Waals surface area contributed by atoms with Crippen LogP contribution in [0.5, 0.6) is 5.75 Å². The van der Waals surface area contributed by atoms with Gasteiger partial charge in [0.05, 0.1) is 12.9 Å². The maximum Gasteiger partial charge on any atom is 0.238 e. The summed E-state index contributed by atoms with van der Waals surface area (Å²) in [6.45, 7) is 2.39. The van der Waals surface area contributed by atoms with Gasteiger partial charge in [-0.15, -0.1) is 0 Å². The highest BCUT2D eigenvalue weighted by Crippen LogP contribution is 2.22. The molecule has 0 atom stereocenters. The number of nitrogens with zero attached hydrogens (tertiary/aromatic N) is 1. The second kappa shape index (κ2) is 6.39. The predicted molar refractivity (Wildman–Crippen MR) is 74.2 cm³/mol. The Bertz CT molecular complexity index is 663. The molecular weight excluding hydrogens is 254 g/mol. The van der Waals surface area contributed by atoms with Crippen molar-refractivity contribution in [1.82, 2.24) is 0 Å². The van der Waals surface area contributed by atoms with E-state index >= 15 is 0 Å². The highest BCUT2D eigenvalue weighted by Gasteiger charge is 2.15. The van der Waals surface area contributed by atoms with Crippen molar-refractivity contribution in [2.75, 3.05) is 6.61 Å². The van der Waals surface area contributed by atoms with Gasteiger partial charge in [-0.25, -0.2) is 0 Å². The molecule has 0 aliphatic rings. The fourth-order valence-electron chi connectivity index (χ4n) is 1.73. The highest BCUT2D eigenvalue weighted by atomic mass is 16.5. The van der Waals surface area contributed by atoms with Crippen molar-refractivity contribution in [1.29, 1.82) is 5.26 Å². The molecule has 0 fully saturated rings. The van der Waals surface area contributed by atoms with Crippen LogP contribution in [0.4, 0.5) is 0 Å². The molecule has 4 heteroatoms. The van der Waals surface area contributed by atoms with Crippen molar-refractivity contribution in [3.05, 3.63) is 59.6 Å². The van der Waals surface area contributed by atoms with Gasteiger partial charge in [-0.1, -0.05) is 18.2 Å². The van der Waals surface area contributed by atoms with Crippen LogP contribution in [-0.4, -0.2) is 12.4 Å². The molecule has 100 valence electrons. The van der Waals surface area contributed by atoms with Crippen molar-refractivity contribution >= 4 is 11.9 Å².